The average Bonchev–Trinajstić information content (AvgIpc) is 2.65. The first-order valence-corrected chi connectivity index (χ1v) is 13.1. The van der Waals surface area contributed by atoms with Crippen molar-refractivity contribution in [2.75, 3.05) is 0 Å². The summed E-state index contributed by atoms with van der Waals surface area (Å²) in [6.07, 6.45) is 10.4. The molecular weight excluding hydrogens is 406 g/mol. The third-order valence-electron chi connectivity index (χ3n) is 5.88. The Morgan fingerprint density at radius 1 is 0.806 bits per heavy atom. The fourth-order valence-corrected chi connectivity index (χ4v) is 5.26. The summed E-state index contributed by atoms with van der Waals surface area (Å²) < 4.78 is 36.9. The van der Waals surface area contributed by atoms with Gasteiger partial charge in [-0.2, -0.15) is 0 Å². The predicted octanol–water partition coefficient (Wildman–Crippen LogP) is 7.64. The van der Waals surface area contributed by atoms with Gasteiger partial charge in [0.1, 0.15) is 10.1 Å². The molecule has 31 heavy (non-hydrogen) atoms. The topological polar surface area (TPSA) is 93.7 Å². The minimum atomic E-state index is -4.54. The molecule has 4 N–H and O–H groups in total. The molecule has 2 rings (SSSR count). The monoisotopic (exact) mass is 449 g/mol. The van der Waals surface area contributed by atoms with Gasteiger partial charge < -0.3 is 10.7 Å². The molecule has 176 valence electrons. The van der Waals surface area contributed by atoms with Gasteiger partial charge >= 0.3 is 0 Å². The predicted molar refractivity (Wildman–Crippen MR) is 132 cm³/mol. The second-order valence-electron chi connectivity index (χ2n) is 9.50. The molecule has 4 nitrogen and oxygen atoms in total. The van der Waals surface area contributed by atoms with Gasteiger partial charge in [0.15, 0.2) is 0 Å². The van der Waals surface area contributed by atoms with Gasteiger partial charge in [-0.15, -0.1) is 0 Å². The van der Waals surface area contributed by atoms with Crippen LogP contribution < -0.4 is 6.15 Å². The molecule has 0 saturated heterocycles. The van der Waals surface area contributed by atoms with Crippen molar-refractivity contribution in [1.29, 1.82) is 0 Å². The van der Waals surface area contributed by atoms with Crippen molar-refractivity contribution >= 4 is 20.9 Å². The van der Waals surface area contributed by atoms with Crippen molar-refractivity contribution in [2.24, 2.45) is 11.8 Å². The zero-order valence-electron chi connectivity index (χ0n) is 20.2. The summed E-state index contributed by atoms with van der Waals surface area (Å²) in [5.41, 5.74) is 1.83. The molecule has 2 aromatic rings. The highest BCUT2D eigenvalue weighted by atomic mass is 32.2. The van der Waals surface area contributed by atoms with E-state index in [4.69, 9.17) is 0 Å². The largest absolute Gasteiger partial charge is 0.744 e. The van der Waals surface area contributed by atoms with E-state index in [2.05, 4.69) is 33.8 Å². The highest BCUT2D eigenvalue weighted by Gasteiger charge is 2.18. The maximum atomic E-state index is 12.3. The van der Waals surface area contributed by atoms with E-state index in [1.54, 1.807) is 6.07 Å². The van der Waals surface area contributed by atoms with Crippen molar-refractivity contribution in [3.8, 4) is 0 Å². The van der Waals surface area contributed by atoms with Gasteiger partial charge in [0, 0.05) is 0 Å². The molecule has 0 fully saturated rings. The molecule has 0 bridgehead atoms. The van der Waals surface area contributed by atoms with Crippen molar-refractivity contribution in [2.45, 2.75) is 96.8 Å². The molecular formula is C26H43NO3S. The molecule has 2 aromatic carbocycles. The van der Waals surface area contributed by atoms with Crippen LogP contribution in [0.3, 0.4) is 0 Å². The van der Waals surface area contributed by atoms with Gasteiger partial charge in [-0.1, -0.05) is 96.6 Å². The third-order valence-corrected chi connectivity index (χ3v) is 6.85. The second-order valence-corrected chi connectivity index (χ2v) is 10.8. The zero-order chi connectivity index (χ0) is 22.1. The van der Waals surface area contributed by atoms with E-state index in [9.17, 15) is 13.0 Å². The number of unbranched alkanes of at least 4 members (excludes halogenated alkanes) is 4. The van der Waals surface area contributed by atoms with Crippen LogP contribution in [-0.4, -0.2) is 13.0 Å². The van der Waals surface area contributed by atoms with Crippen LogP contribution in [0, 0.1) is 11.8 Å². The molecule has 0 spiro atoms. The van der Waals surface area contributed by atoms with Gasteiger partial charge in [-0.05, 0) is 59.4 Å². The van der Waals surface area contributed by atoms with E-state index in [1.807, 2.05) is 18.2 Å². The summed E-state index contributed by atoms with van der Waals surface area (Å²) in [6, 6.07) is 9.53. The van der Waals surface area contributed by atoms with Crippen LogP contribution in [0.15, 0.2) is 35.2 Å². The molecule has 0 radical (unpaired) electrons. The Kier molecular flexibility index (Phi) is 11.7. The molecule has 0 heterocycles. The van der Waals surface area contributed by atoms with E-state index >= 15 is 0 Å². The molecule has 0 aliphatic heterocycles. The van der Waals surface area contributed by atoms with Gasteiger partial charge in [-0.3, -0.25) is 0 Å². The van der Waals surface area contributed by atoms with Crippen LogP contribution in [0.2, 0.25) is 0 Å². The number of hydrogen-bond acceptors (Lipinski definition) is 3. The van der Waals surface area contributed by atoms with Crippen LogP contribution in [0.5, 0.6) is 0 Å². The maximum Gasteiger partial charge on any atom is 0.125 e. The lowest BCUT2D eigenvalue weighted by Crippen LogP contribution is -2.09. The second kappa shape index (κ2) is 13.2. The van der Waals surface area contributed by atoms with Crippen LogP contribution in [0.25, 0.3) is 10.8 Å². The lowest BCUT2D eigenvalue weighted by Gasteiger charge is -2.20. The number of aryl methyl sites for hydroxylation is 1. The lowest BCUT2D eigenvalue weighted by molar-refractivity contribution is 0.462. The smallest absolute Gasteiger partial charge is 0.125 e. The summed E-state index contributed by atoms with van der Waals surface area (Å²) in [7, 11) is -4.54. The number of hydrogen-bond donors (Lipinski definition) is 1. The Bertz CT molecular complexity index is 904. The Labute approximate surface area is 190 Å². The molecule has 0 aromatic heterocycles. The number of quaternary nitrogens is 1. The first-order valence-electron chi connectivity index (χ1n) is 11.7. The minimum Gasteiger partial charge on any atom is -0.744 e. The van der Waals surface area contributed by atoms with Gasteiger partial charge in [-0.25, -0.2) is 8.42 Å². The fraction of sp³-hybridized carbons (Fsp3) is 0.615. The SMILES string of the molecule is CC(C)CCCCCc1cc2ccccc2c(S(=O)(=O)[O-])c1CCCCCC(C)C.[NH4+]. The maximum absolute atomic E-state index is 12.3. The van der Waals surface area contributed by atoms with E-state index in [-0.39, 0.29) is 11.0 Å². The van der Waals surface area contributed by atoms with E-state index < -0.39 is 10.1 Å². The van der Waals surface area contributed by atoms with E-state index in [0.717, 1.165) is 55.0 Å². The Morgan fingerprint density at radius 3 is 1.90 bits per heavy atom. The standard InChI is InChI=1S/C26H40O3S.H3N/c1-20(2)13-7-5-9-15-22-19-23-16-11-12-18-25(23)26(30(27,28)29)24(22)17-10-6-8-14-21(3)4;/h11-12,16,18-21H,5-10,13-15,17H2,1-4H3,(H,27,28,29);1H3. The Hall–Kier alpha value is -1.43. The average molecular weight is 450 g/mol. The van der Waals surface area contributed by atoms with Crippen molar-refractivity contribution in [1.82, 2.24) is 6.15 Å². The van der Waals surface area contributed by atoms with Gasteiger partial charge in [0.25, 0.3) is 0 Å². The molecule has 0 saturated carbocycles. The van der Waals surface area contributed by atoms with E-state index in [1.165, 1.54) is 19.3 Å². The summed E-state index contributed by atoms with van der Waals surface area (Å²) in [6.45, 7) is 8.93. The summed E-state index contributed by atoms with van der Waals surface area (Å²) in [5, 5.41) is 1.43. The lowest BCUT2D eigenvalue weighted by atomic mass is 9.92. The first kappa shape index (κ1) is 27.6. The van der Waals surface area contributed by atoms with Crippen molar-refractivity contribution < 1.29 is 13.0 Å². The summed E-state index contributed by atoms with van der Waals surface area (Å²) in [4.78, 5) is 0.0293. The normalized spacial score (nSPS) is 12.0. The fourth-order valence-electron chi connectivity index (χ4n) is 4.27. The number of benzene rings is 2. The van der Waals surface area contributed by atoms with Crippen LogP contribution in [0.4, 0.5) is 0 Å². The summed E-state index contributed by atoms with van der Waals surface area (Å²) in [5.74, 6) is 1.40. The van der Waals surface area contributed by atoms with Crippen LogP contribution in [-0.2, 0) is 23.0 Å². The van der Waals surface area contributed by atoms with Crippen LogP contribution in [0.1, 0.15) is 90.2 Å². The highest BCUT2D eigenvalue weighted by Crippen LogP contribution is 2.32. The number of rotatable bonds is 13. The number of fused-ring (bicyclic) bond motifs is 1. The van der Waals surface area contributed by atoms with Gasteiger partial charge in [0.2, 0.25) is 0 Å². The quantitative estimate of drug-likeness (QED) is 0.251. The first-order chi connectivity index (χ1) is 14.2. The van der Waals surface area contributed by atoms with Crippen molar-refractivity contribution in [3.63, 3.8) is 0 Å². The highest BCUT2D eigenvalue weighted by molar-refractivity contribution is 7.86. The summed E-state index contributed by atoms with van der Waals surface area (Å²) >= 11 is 0. The molecule has 0 atom stereocenters. The third kappa shape index (κ3) is 8.91. The zero-order valence-corrected chi connectivity index (χ0v) is 21.1. The molecule has 0 amide bonds. The van der Waals surface area contributed by atoms with E-state index in [0.29, 0.717) is 23.6 Å². The van der Waals surface area contributed by atoms with Crippen LogP contribution >= 0.6 is 0 Å². The van der Waals surface area contributed by atoms with Gasteiger partial charge in [0.05, 0.1) is 4.90 Å². The molecule has 5 heteroatoms. The Balaban J connectivity index is 0.00000480. The van der Waals surface area contributed by atoms with Crippen molar-refractivity contribution in [3.05, 3.63) is 41.5 Å². The molecule has 0 aliphatic carbocycles. The Morgan fingerprint density at radius 2 is 1.35 bits per heavy atom. The molecule has 0 aliphatic rings. The minimum absolute atomic E-state index is 0. The molecule has 0 unspecified atom stereocenters.